The number of aryl methyl sites for hydroxylation is 1. The number of anilines is 2. The molecule has 5 rings (SSSR count). The van der Waals surface area contributed by atoms with Gasteiger partial charge >= 0.3 is 6.18 Å². The first-order chi connectivity index (χ1) is 18.5. The number of aliphatic hydroxyl groups excluding tert-OH is 1. The summed E-state index contributed by atoms with van der Waals surface area (Å²) in [5.74, 6) is -0.348. The van der Waals surface area contributed by atoms with Crippen LogP contribution in [-0.2, 0) is 6.18 Å². The summed E-state index contributed by atoms with van der Waals surface area (Å²) in [5, 5.41) is 24.0. The van der Waals surface area contributed by atoms with Crippen molar-refractivity contribution in [3.8, 4) is 11.5 Å². The number of carbonyl (C=O) groups excluding carboxylic acids is 1. The molecule has 1 saturated heterocycles. The summed E-state index contributed by atoms with van der Waals surface area (Å²) in [6.45, 7) is 7.71. The van der Waals surface area contributed by atoms with E-state index in [2.05, 4.69) is 37.2 Å². The van der Waals surface area contributed by atoms with E-state index in [1.807, 2.05) is 0 Å². The van der Waals surface area contributed by atoms with Crippen molar-refractivity contribution in [1.29, 1.82) is 0 Å². The molecule has 1 amide bonds. The van der Waals surface area contributed by atoms with Crippen LogP contribution in [0.5, 0.6) is 0 Å². The Morgan fingerprint density at radius 1 is 1.18 bits per heavy atom. The Balaban J connectivity index is 1.52. The highest BCUT2D eigenvalue weighted by Gasteiger charge is 2.41. The quantitative estimate of drug-likeness (QED) is 0.367. The largest absolute Gasteiger partial charge is 0.434 e. The number of nitrogens with one attached hydrogen (secondary N) is 1. The van der Waals surface area contributed by atoms with Gasteiger partial charge in [0.1, 0.15) is 5.82 Å². The number of nitrogens with zero attached hydrogens (tertiary/aromatic N) is 8. The van der Waals surface area contributed by atoms with Crippen LogP contribution in [0.15, 0.2) is 37.4 Å². The molecule has 39 heavy (non-hydrogen) atoms. The Hall–Kier alpha value is -4.30. The highest BCUT2D eigenvalue weighted by molar-refractivity contribution is 6.32. The molecule has 11 nitrogen and oxygen atoms in total. The smallest absolute Gasteiger partial charge is 0.389 e. The molecule has 15 heteroatoms. The zero-order valence-corrected chi connectivity index (χ0v) is 21.4. The summed E-state index contributed by atoms with van der Waals surface area (Å²) in [5.41, 5.74) is -0.697. The van der Waals surface area contributed by atoms with E-state index in [4.69, 9.17) is 11.6 Å². The Bertz CT molecular complexity index is 1580. The van der Waals surface area contributed by atoms with Crippen molar-refractivity contribution < 1.29 is 23.1 Å². The first-order valence-corrected chi connectivity index (χ1v) is 11.9. The van der Waals surface area contributed by atoms with Crippen LogP contribution in [0.4, 0.5) is 24.7 Å². The Labute approximate surface area is 224 Å². The molecular formula is C24H21ClF3N9O2. The number of rotatable bonds is 6. The van der Waals surface area contributed by atoms with E-state index in [-0.39, 0.29) is 27.9 Å². The summed E-state index contributed by atoms with van der Waals surface area (Å²) in [4.78, 5) is 24.7. The van der Waals surface area contributed by atoms with E-state index in [1.165, 1.54) is 35.5 Å². The topological polar surface area (TPSA) is 127 Å². The predicted molar refractivity (Wildman–Crippen MR) is 136 cm³/mol. The minimum atomic E-state index is -4.95. The Morgan fingerprint density at radius 3 is 2.49 bits per heavy atom. The number of pyridine rings is 2. The highest BCUT2D eigenvalue weighted by Crippen LogP contribution is 2.37. The van der Waals surface area contributed by atoms with Gasteiger partial charge in [-0.1, -0.05) is 24.3 Å². The molecule has 5 heterocycles. The minimum Gasteiger partial charge on any atom is -0.389 e. The van der Waals surface area contributed by atoms with Crippen LogP contribution in [0.1, 0.15) is 32.9 Å². The maximum atomic E-state index is 14.4. The standard InChI is InChI=1S/C24H21ClF3N9O2/c1-4-15-12(2)21(35-10-14(38)11-35)29-9-19(15)36-20(24(26,27)28)16(8-32-36)23(39)34-18-7-17(25)22(33-13(18)3)37-30-5-6-31-37/h4-9,14,38H,1,10-11H2,2-3H3,(H,34,39). The van der Waals surface area contributed by atoms with Gasteiger partial charge in [-0.05, 0) is 19.9 Å². The van der Waals surface area contributed by atoms with E-state index in [1.54, 1.807) is 18.7 Å². The normalized spacial score (nSPS) is 13.9. The van der Waals surface area contributed by atoms with Crippen LogP contribution in [0, 0.1) is 13.8 Å². The van der Waals surface area contributed by atoms with Crippen molar-refractivity contribution in [2.45, 2.75) is 26.1 Å². The zero-order chi connectivity index (χ0) is 28.1. The summed E-state index contributed by atoms with van der Waals surface area (Å²) in [6.07, 6.45) is 0.899. The number of aromatic nitrogens is 7. The second kappa shape index (κ2) is 9.78. The van der Waals surface area contributed by atoms with Crippen molar-refractivity contribution in [2.75, 3.05) is 23.3 Å². The maximum Gasteiger partial charge on any atom is 0.434 e. The van der Waals surface area contributed by atoms with Gasteiger partial charge in [0.25, 0.3) is 5.91 Å². The summed E-state index contributed by atoms with van der Waals surface area (Å²) < 4.78 is 43.7. The number of amides is 1. The van der Waals surface area contributed by atoms with Gasteiger partial charge in [-0.25, -0.2) is 14.6 Å². The van der Waals surface area contributed by atoms with Crippen molar-refractivity contribution in [2.24, 2.45) is 0 Å². The van der Waals surface area contributed by atoms with Crippen LogP contribution in [0.25, 0.3) is 17.6 Å². The monoisotopic (exact) mass is 559 g/mol. The molecule has 4 aromatic rings. The third kappa shape index (κ3) is 4.72. The fraction of sp³-hybridized carbons (Fsp3) is 0.250. The molecule has 0 aromatic carbocycles. The van der Waals surface area contributed by atoms with Crippen LogP contribution in [0.3, 0.4) is 0 Å². The second-order valence-corrected chi connectivity index (χ2v) is 9.19. The number of aliphatic hydroxyl groups is 1. The Morgan fingerprint density at radius 2 is 1.87 bits per heavy atom. The molecule has 4 aromatic heterocycles. The molecule has 0 saturated carbocycles. The molecule has 0 unspecified atom stereocenters. The third-order valence-electron chi connectivity index (χ3n) is 6.21. The van der Waals surface area contributed by atoms with Gasteiger partial charge in [0.15, 0.2) is 11.5 Å². The fourth-order valence-corrected chi connectivity index (χ4v) is 4.52. The lowest BCUT2D eigenvalue weighted by atomic mass is 10.1. The number of alkyl halides is 3. The van der Waals surface area contributed by atoms with E-state index in [0.29, 0.717) is 34.7 Å². The molecule has 1 fully saturated rings. The first kappa shape index (κ1) is 26.3. The van der Waals surface area contributed by atoms with Crippen molar-refractivity contribution >= 4 is 35.1 Å². The molecular weight excluding hydrogens is 539 g/mol. The highest BCUT2D eigenvalue weighted by atomic mass is 35.5. The van der Waals surface area contributed by atoms with Gasteiger partial charge in [-0.3, -0.25) is 4.79 Å². The molecule has 202 valence electrons. The minimum absolute atomic E-state index is 0.00401. The fourth-order valence-electron chi connectivity index (χ4n) is 4.29. The van der Waals surface area contributed by atoms with Gasteiger partial charge in [0.05, 0.1) is 58.5 Å². The van der Waals surface area contributed by atoms with Crippen LogP contribution >= 0.6 is 11.6 Å². The number of hydrogen-bond acceptors (Lipinski definition) is 8. The lowest BCUT2D eigenvalue weighted by Crippen LogP contribution is -2.51. The molecule has 0 atom stereocenters. The van der Waals surface area contributed by atoms with Gasteiger partial charge in [0, 0.05) is 24.2 Å². The lowest BCUT2D eigenvalue weighted by molar-refractivity contribution is -0.143. The maximum absolute atomic E-state index is 14.4. The number of hydrogen-bond donors (Lipinski definition) is 2. The van der Waals surface area contributed by atoms with E-state index in [9.17, 15) is 23.1 Å². The second-order valence-electron chi connectivity index (χ2n) is 8.78. The number of halogens is 4. The third-order valence-corrected chi connectivity index (χ3v) is 6.48. The molecule has 0 bridgehead atoms. The molecule has 1 aliphatic rings. The molecule has 1 aliphatic heterocycles. The van der Waals surface area contributed by atoms with Crippen LogP contribution < -0.4 is 10.2 Å². The lowest BCUT2D eigenvalue weighted by Gasteiger charge is -2.38. The average Bonchev–Trinajstić information content (AvgIpc) is 3.54. The molecule has 0 aliphatic carbocycles. The van der Waals surface area contributed by atoms with Crippen molar-refractivity contribution in [3.63, 3.8) is 0 Å². The van der Waals surface area contributed by atoms with Gasteiger partial charge in [-0.2, -0.15) is 28.5 Å². The zero-order valence-electron chi connectivity index (χ0n) is 20.6. The van der Waals surface area contributed by atoms with Gasteiger partial charge in [-0.15, -0.1) is 4.80 Å². The van der Waals surface area contributed by atoms with Crippen molar-refractivity contribution in [3.05, 3.63) is 70.5 Å². The van der Waals surface area contributed by atoms with E-state index >= 15 is 0 Å². The summed E-state index contributed by atoms with van der Waals surface area (Å²) >= 11 is 6.27. The molecule has 0 radical (unpaired) electrons. The SMILES string of the molecule is C=Cc1c(-n2ncc(C(=O)Nc3cc(Cl)c(-n4nccn4)nc3C)c2C(F)(F)F)cnc(N2CC(O)C2)c1C. The first-order valence-electron chi connectivity index (χ1n) is 11.6. The van der Waals surface area contributed by atoms with Crippen LogP contribution in [0.2, 0.25) is 5.02 Å². The van der Waals surface area contributed by atoms with Gasteiger partial charge < -0.3 is 15.3 Å². The van der Waals surface area contributed by atoms with Crippen LogP contribution in [-0.4, -0.2) is 64.9 Å². The predicted octanol–water partition coefficient (Wildman–Crippen LogP) is 3.61. The van der Waals surface area contributed by atoms with Gasteiger partial charge in [0.2, 0.25) is 0 Å². The Kier molecular flexibility index (Phi) is 6.60. The van der Waals surface area contributed by atoms with Crippen molar-refractivity contribution in [1.82, 2.24) is 34.7 Å². The average molecular weight is 560 g/mol. The number of carbonyl (C=O) groups is 1. The summed E-state index contributed by atoms with van der Waals surface area (Å²) in [6, 6.07) is 1.35. The van der Waals surface area contributed by atoms with E-state index in [0.717, 1.165) is 6.20 Å². The summed E-state index contributed by atoms with van der Waals surface area (Å²) in [7, 11) is 0. The molecule has 0 spiro atoms. The number of β-amino-alcohol motifs (C(OH)–C–C–N with tert-alkyl or cyclic N) is 1. The van der Waals surface area contributed by atoms with E-state index < -0.39 is 29.4 Å². The molecule has 2 N–H and O–H groups in total.